The number of hydrogen-bond acceptors (Lipinski definition) is 2. The van der Waals surface area contributed by atoms with Crippen molar-refractivity contribution in [2.24, 2.45) is 0 Å². The molecule has 0 fully saturated rings. The van der Waals surface area contributed by atoms with Crippen LogP contribution in [0.2, 0.25) is 0 Å². The second kappa shape index (κ2) is 5.73. The van der Waals surface area contributed by atoms with Gasteiger partial charge < -0.3 is 10.4 Å². The molecule has 0 radical (unpaired) electrons. The molecule has 2 nitrogen and oxygen atoms in total. The first-order chi connectivity index (χ1) is 6.99. The molecular formula is C11H17NO. The van der Waals surface area contributed by atoms with E-state index >= 15 is 0 Å². The van der Waals surface area contributed by atoms with Gasteiger partial charge in [0.1, 0.15) is 0 Å². The van der Waals surface area contributed by atoms with E-state index in [1.807, 2.05) is 37.3 Å². The lowest BCUT2D eigenvalue weighted by molar-refractivity contribution is 0.284. The fourth-order valence-electron chi connectivity index (χ4n) is 1.20. The molecule has 1 atom stereocenters. The lowest BCUT2D eigenvalue weighted by atomic mass is 10.1. The average molecular weight is 181 g/mol. The van der Waals surface area contributed by atoms with Crippen LogP contribution >= 0.6 is 0 Å². The smallest absolute Gasteiger partial charge is 0.0564 e. The van der Waals surface area contributed by atoms with E-state index in [1.54, 1.807) is 0 Å². The van der Waals surface area contributed by atoms with Crippen molar-refractivity contribution in [3.63, 3.8) is 0 Å². The highest BCUT2D eigenvalue weighted by molar-refractivity contribution is 5.17. The van der Waals surface area contributed by atoms with E-state index in [1.165, 1.54) is 0 Å². The van der Waals surface area contributed by atoms with Crippen molar-refractivity contribution in [3.05, 3.63) is 35.9 Å². The van der Waals surface area contributed by atoms with Gasteiger partial charge in [0.2, 0.25) is 0 Å². The Morgan fingerprint density at radius 3 is 2.77 bits per heavy atom. The molecule has 0 aliphatic rings. The second-order valence-electron chi connectivity index (χ2n) is 2.99. The van der Waals surface area contributed by atoms with E-state index in [-0.39, 0.29) is 12.5 Å². The van der Waals surface area contributed by atoms with Crippen LogP contribution in [0.3, 0.4) is 0 Å². The Balaban J connectivity index is 2.34. The highest BCUT2D eigenvalue weighted by Crippen LogP contribution is 2.10. The van der Waals surface area contributed by atoms with Gasteiger partial charge in [0, 0.05) is 12.6 Å². The quantitative estimate of drug-likeness (QED) is 0.725. The van der Waals surface area contributed by atoms with Gasteiger partial charge >= 0.3 is 0 Å². The lowest BCUT2D eigenvalue weighted by Crippen LogP contribution is -2.20. The number of aliphatic hydroxyl groups is 1. The Hall–Kier alpha value is -0.860. The molecule has 2 heteroatoms. The van der Waals surface area contributed by atoms with Gasteiger partial charge in [-0.1, -0.05) is 30.3 Å². The van der Waals surface area contributed by atoms with Gasteiger partial charge in [-0.05, 0) is 25.5 Å². The molecule has 0 spiro atoms. The third-order valence-electron chi connectivity index (χ3n) is 1.99. The maximum absolute atomic E-state index is 8.89. The van der Waals surface area contributed by atoms with Crippen LogP contribution in [0.1, 0.15) is 27.7 Å². The molecule has 0 amide bonds. The largest absolute Gasteiger partial charge is 0.396 e. The van der Waals surface area contributed by atoms with Crippen molar-refractivity contribution in [2.45, 2.75) is 19.4 Å². The highest BCUT2D eigenvalue weighted by Gasteiger charge is 2.01. The van der Waals surface area contributed by atoms with E-state index in [9.17, 15) is 0 Å². The van der Waals surface area contributed by atoms with Gasteiger partial charge in [-0.2, -0.15) is 0 Å². The van der Waals surface area contributed by atoms with Gasteiger partial charge in [-0.15, -0.1) is 0 Å². The molecule has 0 aliphatic heterocycles. The maximum Gasteiger partial charge on any atom is 0.0564 e. The summed E-state index contributed by atoms with van der Waals surface area (Å²) in [4.78, 5) is 0. The van der Waals surface area contributed by atoms with Crippen LogP contribution in [-0.2, 0) is 0 Å². The minimum Gasteiger partial charge on any atom is -0.396 e. The predicted molar refractivity (Wildman–Crippen MR) is 54.6 cm³/mol. The zero-order valence-electron chi connectivity index (χ0n) is 9.83. The van der Waals surface area contributed by atoms with E-state index in [0.29, 0.717) is 6.54 Å². The molecule has 0 saturated carbocycles. The monoisotopic (exact) mass is 181 g/mol. The molecule has 72 valence electrons. The summed E-state index contributed by atoms with van der Waals surface area (Å²) in [7, 11) is 0. The number of nitrogens with one attached hydrogen (secondary N) is 1. The van der Waals surface area contributed by atoms with E-state index in [4.69, 9.17) is 7.85 Å². The van der Waals surface area contributed by atoms with Crippen molar-refractivity contribution in [1.29, 1.82) is 0 Å². The van der Waals surface area contributed by atoms with Crippen molar-refractivity contribution in [2.75, 3.05) is 13.1 Å². The molecule has 13 heavy (non-hydrogen) atoms. The minimum absolute atomic E-state index is 0.101. The van der Waals surface area contributed by atoms with E-state index in [0.717, 1.165) is 5.56 Å². The lowest BCUT2D eigenvalue weighted by Gasteiger charge is -2.13. The SMILES string of the molecule is [2H]C([2H])(O)CCN[C@@H](C)c1ccccc1. The maximum atomic E-state index is 8.89. The third-order valence-corrected chi connectivity index (χ3v) is 1.99. The number of rotatable bonds is 5. The Morgan fingerprint density at radius 2 is 2.15 bits per heavy atom. The van der Waals surface area contributed by atoms with Crippen LogP contribution in [0.4, 0.5) is 0 Å². The van der Waals surface area contributed by atoms with Crippen LogP contribution in [0, 0.1) is 0 Å². The summed E-state index contributed by atoms with van der Waals surface area (Å²) in [5, 5.41) is 12.0. The Morgan fingerprint density at radius 1 is 1.46 bits per heavy atom. The number of hydrogen-bond donors (Lipinski definition) is 2. The topological polar surface area (TPSA) is 32.3 Å². The summed E-state index contributed by atoms with van der Waals surface area (Å²) in [6.45, 7) is 0.394. The van der Waals surface area contributed by atoms with Gasteiger partial charge in [0.05, 0.1) is 2.74 Å². The van der Waals surface area contributed by atoms with Crippen LogP contribution in [-0.4, -0.2) is 18.2 Å². The van der Waals surface area contributed by atoms with Crippen molar-refractivity contribution >= 4 is 0 Å². The Kier molecular flexibility index (Phi) is 3.32. The van der Waals surface area contributed by atoms with E-state index < -0.39 is 6.56 Å². The average Bonchev–Trinajstić information content (AvgIpc) is 2.17. The summed E-state index contributed by atoms with van der Waals surface area (Å²) in [5.74, 6) is 0. The zero-order chi connectivity index (χ0) is 11.3. The third kappa shape index (κ3) is 3.57. The molecule has 0 aliphatic carbocycles. The molecule has 1 rings (SSSR count). The fraction of sp³-hybridized carbons (Fsp3) is 0.455. The number of benzene rings is 1. The van der Waals surface area contributed by atoms with Gasteiger partial charge in [-0.3, -0.25) is 0 Å². The fourth-order valence-corrected chi connectivity index (χ4v) is 1.20. The zero-order valence-corrected chi connectivity index (χ0v) is 7.83. The standard InChI is InChI=1S/C11H17NO/c1-10(12-8-5-9-13)11-6-3-2-4-7-11/h2-4,6-7,10,12-13H,5,8-9H2,1H3/t10-/m0/s1/i9D2. The highest BCUT2D eigenvalue weighted by atomic mass is 16.3. The van der Waals surface area contributed by atoms with Crippen molar-refractivity contribution in [1.82, 2.24) is 5.32 Å². The van der Waals surface area contributed by atoms with E-state index in [2.05, 4.69) is 5.32 Å². The van der Waals surface area contributed by atoms with Crippen molar-refractivity contribution < 1.29 is 7.85 Å². The van der Waals surface area contributed by atoms with Crippen molar-refractivity contribution in [3.8, 4) is 0 Å². The summed E-state index contributed by atoms with van der Waals surface area (Å²) in [6, 6.07) is 10.1. The summed E-state index contributed by atoms with van der Waals surface area (Å²) >= 11 is 0. The predicted octanol–water partition coefficient (Wildman–Crippen LogP) is 1.72. The van der Waals surface area contributed by atoms with Crippen LogP contribution in [0.15, 0.2) is 30.3 Å². The first-order valence-corrected chi connectivity index (χ1v) is 4.50. The molecule has 1 aromatic rings. The molecule has 0 bridgehead atoms. The first kappa shape index (κ1) is 7.54. The normalized spacial score (nSPS) is 16.2. The minimum atomic E-state index is -2.08. The molecule has 0 heterocycles. The first-order valence-electron chi connectivity index (χ1n) is 5.50. The molecule has 0 saturated heterocycles. The molecular weight excluding hydrogens is 162 g/mol. The Bertz CT molecular complexity index is 284. The van der Waals surface area contributed by atoms with Gasteiger partial charge in [-0.25, -0.2) is 0 Å². The summed E-state index contributed by atoms with van der Waals surface area (Å²) < 4.78 is 13.9. The molecule has 0 aromatic heterocycles. The summed E-state index contributed by atoms with van der Waals surface area (Å²) in [5.41, 5.74) is 1.16. The van der Waals surface area contributed by atoms with Crippen LogP contribution in [0.5, 0.6) is 0 Å². The molecule has 1 aromatic carbocycles. The molecule has 0 unspecified atom stereocenters. The summed E-state index contributed by atoms with van der Waals surface area (Å²) in [6.07, 6.45) is 0.101. The van der Waals surface area contributed by atoms with Gasteiger partial charge in [0.15, 0.2) is 0 Å². The molecule has 2 N–H and O–H groups in total. The second-order valence-corrected chi connectivity index (χ2v) is 2.99. The van der Waals surface area contributed by atoms with Crippen LogP contribution < -0.4 is 5.32 Å². The Labute approximate surface area is 82.4 Å². The van der Waals surface area contributed by atoms with Crippen LogP contribution in [0.25, 0.3) is 0 Å². The van der Waals surface area contributed by atoms with Gasteiger partial charge in [0.25, 0.3) is 0 Å².